The minimum absolute atomic E-state index is 0.522. The smallest absolute Gasteiger partial charge is 0.389 e. The number of hydrogen-bond donors (Lipinski definition) is 1. The highest BCUT2D eigenvalue weighted by Gasteiger charge is 2.27. The van der Waals surface area contributed by atoms with E-state index in [9.17, 15) is 26.4 Å². The SMILES string of the molecule is O=C(O)CCS(=O)(=O)CCCC(F)(F)F. The van der Waals surface area contributed by atoms with Gasteiger partial charge in [0.2, 0.25) is 0 Å². The molecule has 1 N–H and O–H groups in total. The predicted octanol–water partition coefficient (Wildman–Crippen LogP) is 1.22. The molecule has 0 bridgehead atoms. The molecular formula is C7H11F3O4S. The molecule has 0 spiro atoms. The molecule has 0 atom stereocenters. The molecule has 4 nitrogen and oxygen atoms in total. The molecule has 0 radical (unpaired) electrons. The molecule has 0 aromatic heterocycles. The zero-order valence-corrected chi connectivity index (χ0v) is 8.57. The highest BCUT2D eigenvalue weighted by atomic mass is 32.2. The standard InChI is InChI=1S/C7H11F3O4S/c8-7(9,10)3-1-4-15(13,14)5-2-6(11)12/h1-5H2,(H,11,12). The molecule has 0 amide bonds. The number of carboxylic acids is 1. The predicted molar refractivity (Wildman–Crippen MR) is 46.2 cm³/mol. The van der Waals surface area contributed by atoms with Crippen molar-refractivity contribution in [2.75, 3.05) is 11.5 Å². The Morgan fingerprint density at radius 1 is 1.20 bits per heavy atom. The van der Waals surface area contributed by atoms with Gasteiger partial charge in [0.15, 0.2) is 9.84 Å². The van der Waals surface area contributed by atoms with E-state index in [4.69, 9.17) is 5.11 Å². The van der Waals surface area contributed by atoms with Gasteiger partial charge in [-0.05, 0) is 6.42 Å². The van der Waals surface area contributed by atoms with Gasteiger partial charge in [-0.3, -0.25) is 4.79 Å². The summed E-state index contributed by atoms with van der Waals surface area (Å²) in [6, 6.07) is 0. The summed E-state index contributed by atoms with van der Waals surface area (Å²) in [5.74, 6) is -2.52. The van der Waals surface area contributed by atoms with Gasteiger partial charge < -0.3 is 5.11 Å². The molecule has 0 aliphatic carbocycles. The highest BCUT2D eigenvalue weighted by molar-refractivity contribution is 7.91. The van der Waals surface area contributed by atoms with Gasteiger partial charge in [-0.1, -0.05) is 0 Å². The first-order chi connectivity index (χ1) is 6.62. The van der Waals surface area contributed by atoms with Gasteiger partial charge >= 0.3 is 12.1 Å². The second kappa shape index (κ2) is 5.34. The summed E-state index contributed by atoms with van der Waals surface area (Å²) in [4.78, 5) is 10.0. The number of aliphatic carboxylic acids is 1. The van der Waals surface area contributed by atoms with Crippen LogP contribution in [0.2, 0.25) is 0 Å². The molecule has 0 aromatic rings. The Hall–Kier alpha value is -0.790. The van der Waals surface area contributed by atoms with Crippen LogP contribution in [0.5, 0.6) is 0 Å². The van der Waals surface area contributed by atoms with Crippen LogP contribution in [-0.2, 0) is 14.6 Å². The van der Waals surface area contributed by atoms with Crippen LogP contribution in [-0.4, -0.2) is 37.2 Å². The summed E-state index contributed by atoms with van der Waals surface area (Å²) in [7, 11) is -3.68. The molecule has 15 heavy (non-hydrogen) atoms. The normalized spacial score (nSPS) is 12.7. The van der Waals surface area contributed by atoms with Crippen molar-refractivity contribution in [2.45, 2.75) is 25.4 Å². The molecule has 0 aromatic carbocycles. The Bertz CT molecular complexity index is 307. The summed E-state index contributed by atoms with van der Waals surface area (Å²) in [6.45, 7) is 0. The average molecular weight is 248 g/mol. The number of sulfone groups is 1. The zero-order valence-electron chi connectivity index (χ0n) is 7.75. The Morgan fingerprint density at radius 2 is 1.73 bits per heavy atom. The zero-order chi connectivity index (χ0) is 12.1. The van der Waals surface area contributed by atoms with E-state index in [0.717, 1.165) is 0 Å². The third kappa shape index (κ3) is 9.51. The fourth-order valence-corrected chi connectivity index (χ4v) is 2.11. The van der Waals surface area contributed by atoms with Crippen LogP contribution in [0.15, 0.2) is 0 Å². The van der Waals surface area contributed by atoms with Gasteiger partial charge in [-0.2, -0.15) is 13.2 Å². The summed E-state index contributed by atoms with van der Waals surface area (Å²) in [6.07, 6.45) is -6.64. The van der Waals surface area contributed by atoms with Gasteiger partial charge in [0.25, 0.3) is 0 Å². The minimum atomic E-state index is -4.37. The van der Waals surface area contributed by atoms with E-state index in [1.165, 1.54) is 0 Å². The summed E-state index contributed by atoms with van der Waals surface area (Å²) >= 11 is 0. The maximum absolute atomic E-state index is 11.7. The van der Waals surface area contributed by atoms with Crippen LogP contribution in [0.25, 0.3) is 0 Å². The molecule has 0 aliphatic heterocycles. The molecular weight excluding hydrogens is 237 g/mol. The number of rotatable bonds is 6. The van der Waals surface area contributed by atoms with Crippen LogP contribution >= 0.6 is 0 Å². The first-order valence-corrected chi connectivity index (χ1v) is 5.93. The van der Waals surface area contributed by atoms with Crippen LogP contribution in [0.4, 0.5) is 13.2 Å². The summed E-state index contributed by atoms with van der Waals surface area (Å²) < 4.78 is 56.9. The lowest BCUT2D eigenvalue weighted by atomic mass is 10.3. The van der Waals surface area contributed by atoms with Gasteiger partial charge in [0.1, 0.15) is 0 Å². The van der Waals surface area contributed by atoms with Gasteiger partial charge in [-0.15, -0.1) is 0 Å². The quantitative estimate of drug-likeness (QED) is 0.767. The molecule has 0 fully saturated rings. The number of halogens is 3. The van der Waals surface area contributed by atoms with E-state index in [1.54, 1.807) is 0 Å². The van der Waals surface area contributed by atoms with Crippen molar-refractivity contribution in [3.63, 3.8) is 0 Å². The third-order valence-electron chi connectivity index (χ3n) is 1.54. The van der Waals surface area contributed by atoms with Crippen molar-refractivity contribution >= 4 is 15.8 Å². The van der Waals surface area contributed by atoms with Crippen LogP contribution in [0.3, 0.4) is 0 Å². The van der Waals surface area contributed by atoms with Crippen LogP contribution in [0, 0.1) is 0 Å². The first kappa shape index (κ1) is 14.2. The second-order valence-corrected chi connectivity index (χ2v) is 5.32. The van der Waals surface area contributed by atoms with E-state index in [0.29, 0.717) is 0 Å². The fraction of sp³-hybridized carbons (Fsp3) is 0.857. The molecule has 0 saturated heterocycles. The molecule has 90 valence electrons. The third-order valence-corrected chi connectivity index (χ3v) is 3.28. The molecule has 0 saturated carbocycles. The van der Waals surface area contributed by atoms with Crippen molar-refractivity contribution < 1.29 is 31.5 Å². The largest absolute Gasteiger partial charge is 0.481 e. The topological polar surface area (TPSA) is 71.4 Å². The summed E-state index contributed by atoms with van der Waals surface area (Å²) in [5, 5.41) is 8.19. The molecule has 0 aliphatic rings. The Balaban J connectivity index is 3.90. The first-order valence-electron chi connectivity index (χ1n) is 4.11. The summed E-state index contributed by atoms with van der Waals surface area (Å²) in [5.41, 5.74) is 0. The molecule has 0 heterocycles. The fourth-order valence-electron chi connectivity index (χ4n) is 0.837. The van der Waals surface area contributed by atoms with E-state index in [-0.39, 0.29) is 0 Å². The van der Waals surface area contributed by atoms with Gasteiger partial charge in [0.05, 0.1) is 17.9 Å². The van der Waals surface area contributed by atoms with E-state index in [1.807, 2.05) is 0 Å². The van der Waals surface area contributed by atoms with Crippen molar-refractivity contribution in [3.05, 3.63) is 0 Å². The van der Waals surface area contributed by atoms with Crippen molar-refractivity contribution in [1.82, 2.24) is 0 Å². The van der Waals surface area contributed by atoms with Crippen LogP contribution in [0.1, 0.15) is 19.3 Å². The Morgan fingerprint density at radius 3 is 2.13 bits per heavy atom. The highest BCUT2D eigenvalue weighted by Crippen LogP contribution is 2.21. The molecule has 0 rings (SSSR count). The lowest BCUT2D eigenvalue weighted by Crippen LogP contribution is -2.16. The maximum atomic E-state index is 11.7. The monoisotopic (exact) mass is 248 g/mol. The van der Waals surface area contributed by atoms with E-state index >= 15 is 0 Å². The van der Waals surface area contributed by atoms with Crippen LogP contribution < -0.4 is 0 Å². The Labute approximate surface area is 85.0 Å². The lowest BCUT2D eigenvalue weighted by Gasteiger charge is -2.05. The lowest BCUT2D eigenvalue weighted by molar-refractivity contribution is -0.137. The van der Waals surface area contributed by atoms with Crippen molar-refractivity contribution in [1.29, 1.82) is 0 Å². The number of hydrogen-bond acceptors (Lipinski definition) is 3. The second-order valence-electron chi connectivity index (χ2n) is 3.01. The van der Waals surface area contributed by atoms with Crippen molar-refractivity contribution in [3.8, 4) is 0 Å². The Kier molecular flexibility index (Phi) is 5.06. The number of alkyl halides is 3. The maximum Gasteiger partial charge on any atom is 0.389 e. The van der Waals surface area contributed by atoms with Gasteiger partial charge in [-0.25, -0.2) is 8.42 Å². The number of carboxylic acid groups (broad SMARTS) is 1. The molecule has 0 unspecified atom stereocenters. The minimum Gasteiger partial charge on any atom is -0.481 e. The average Bonchev–Trinajstić information content (AvgIpc) is 1.98. The molecule has 8 heteroatoms. The van der Waals surface area contributed by atoms with Gasteiger partial charge in [0, 0.05) is 6.42 Å². The van der Waals surface area contributed by atoms with E-state index in [2.05, 4.69) is 0 Å². The van der Waals surface area contributed by atoms with Crippen molar-refractivity contribution in [2.24, 2.45) is 0 Å². The number of carbonyl (C=O) groups is 1. The van der Waals surface area contributed by atoms with E-state index < -0.39 is 52.8 Å².